The Kier molecular flexibility index (Phi) is 3.92. The first kappa shape index (κ1) is 14.8. The number of Topliss-reactive ketones (excluding diaryl/α,β-unsaturated/α-hetero) is 1. The van der Waals surface area contributed by atoms with Crippen molar-refractivity contribution >= 4 is 28.2 Å². The van der Waals surface area contributed by atoms with Gasteiger partial charge >= 0.3 is 0 Å². The van der Waals surface area contributed by atoms with Crippen molar-refractivity contribution in [2.75, 3.05) is 0 Å². The predicted molar refractivity (Wildman–Crippen MR) is 95.4 cm³/mol. The van der Waals surface area contributed by atoms with Gasteiger partial charge in [-0.1, -0.05) is 53.7 Å². The lowest BCUT2D eigenvalue weighted by atomic mass is 10.0. The van der Waals surface area contributed by atoms with Gasteiger partial charge in [0, 0.05) is 16.9 Å². The molecule has 4 aromatic rings. The standard InChI is InChI=1S/C19H15N3OS/c23-18(14-7-2-1-3-8-14)13-17(19-11-6-12-24-19)22-16-10-5-4-9-15(16)20-21-22/h1-12,17H,13H2. The van der Waals surface area contributed by atoms with Gasteiger partial charge in [-0.3, -0.25) is 4.79 Å². The number of benzene rings is 2. The maximum absolute atomic E-state index is 12.7. The van der Waals surface area contributed by atoms with Crippen LogP contribution in [0.25, 0.3) is 11.0 Å². The molecule has 0 spiro atoms. The van der Waals surface area contributed by atoms with E-state index in [1.807, 2.05) is 76.8 Å². The highest BCUT2D eigenvalue weighted by molar-refractivity contribution is 7.10. The Morgan fingerprint density at radius 1 is 1.00 bits per heavy atom. The Morgan fingerprint density at radius 3 is 2.58 bits per heavy atom. The zero-order valence-corrected chi connectivity index (χ0v) is 13.7. The van der Waals surface area contributed by atoms with Gasteiger partial charge in [0.2, 0.25) is 0 Å². The Hall–Kier alpha value is -2.79. The number of ketones is 1. The maximum Gasteiger partial charge on any atom is 0.165 e. The Balaban J connectivity index is 1.74. The fraction of sp³-hybridized carbons (Fsp3) is 0.105. The summed E-state index contributed by atoms with van der Waals surface area (Å²) in [4.78, 5) is 13.8. The quantitative estimate of drug-likeness (QED) is 0.510. The number of fused-ring (bicyclic) bond motifs is 1. The van der Waals surface area contributed by atoms with Gasteiger partial charge in [0.15, 0.2) is 5.78 Å². The highest BCUT2D eigenvalue weighted by Gasteiger charge is 2.22. The van der Waals surface area contributed by atoms with Crippen LogP contribution in [0.1, 0.15) is 27.7 Å². The predicted octanol–water partition coefficient (Wildman–Crippen LogP) is 4.36. The fourth-order valence-electron chi connectivity index (χ4n) is 2.82. The van der Waals surface area contributed by atoms with Gasteiger partial charge in [-0.05, 0) is 23.6 Å². The summed E-state index contributed by atoms with van der Waals surface area (Å²) in [5.74, 6) is 0.105. The molecule has 0 saturated carbocycles. The normalized spacial score (nSPS) is 12.3. The molecule has 0 N–H and O–H groups in total. The van der Waals surface area contributed by atoms with Crippen LogP contribution in [-0.2, 0) is 0 Å². The zero-order valence-electron chi connectivity index (χ0n) is 12.9. The summed E-state index contributed by atoms with van der Waals surface area (Å²) < 4.78 is 1.86. The van der Waals surface area contributed by atoms with E-state index in [-0.39, 0.29) is 11.8 Å². The number of nitrogens with zero attached hydrogens (tertiary/aromatic N) is 3. The molecule has 0 aliphatic heterocycles. The monoisotopic (exact) mass is 333 g/mol. The Morgan fingerprint density at radius 2 is 1.79 bits per heavy atom. The lowest BCUT2D eigenvalue weighted by Crippen LogP contribution is -2.16. The molecule has 1 unspecified atom stereocenters. The average Bonchev–Trinajstić information content (AvgIpc) is 3.30. The van der Waals surface area contributed by atoms with Crippen LogP contribution in [0.15, 0.2) is 72.1 Å². The van der Waals surface area contributed by atoms with Gasteiger partial charge in [-0.25, -0.2) is 4.68 Å². The van der Waals surface area contributed by atoms with Gasteiger partial charge in [0.05, 0.1) is 11.6 Å². The molecule has 24 heavy (non-hydrogen) atoms. The van der Waals surface area contributed by atoms with Crippen LogP contribution in [0, 0.1) is 0 Å². The van der Waals surface area contributed by atoms with E-state index in [0.717, 1.165) is 21.5 Å². The number of thiophene rings is 1. The molecule has 0 aliphatic rings. The van der Waals surface area contributed by atoms with Crippen LogP contribution in [0.4, 0.5) is 0 Å². The molecule has 4 rings (SSSR count). The summed E-state index contributed by atoms with van der Waals surface area (Å²) in [7, 11) is 0. The summed E-state index contributed by atoms with van der Waals surface area (Å²) in [5, 5.41) is 10.6. The van der Waals surface area contributed by atoms with E-state index in [1.54, 1.807) is 11.3 Å². The molecule has 0 fully saturated rings. The molecule has 4 nitrogen and oxygen atoms in total. The third-order valence-corrected chi connectivity index (χ3v) is 4.99. The molecule has 0 bridgehead atoms. The van der Waals surface area contributed by atoms with Crippen molar-refractivity contribution in [3.05, 3.63) is 82.6 Å². The maximum atomic E-state index is 12.7. The zero-order chi connectivity index (χ0) is 16.4. The van der Waals surface area contributed by atoms with Gasteiger partial charge < -0.3 is 0 Å². The highest BCUT2D eigenvalue weighted by Crippen LogP contribution is 2.29. The number of aromatic nitrogens is 3. The Bertz CT molecular complexity index is 961. The number of rotatable bonds is 5. The van der Waals surface area contributed by atoms with Crippen molar-refractivity contribution in [1.82, 2.24) is 15.0 Å². The lowest BCUT2D eigenvalue weighted by molar-refractivity contribution is 0.0968. The second kappa shape index (κ2) is 6.37. The molecule has 1 atom stereocenters. The molecule has 2 aromatic heterocycles. The third kappa shape index (κ3) is 2.74. The number of carbonyl (C=O) groups excluding carboxylic acids is 1. The third-order valence-electron chi connectivity index (χ3n) is 4.02. The van der Waals surface area contributed by atoms with Crippen LogP contribution >= 0.6 is 11.3 Å². The summed E-state index contributed by atoms with van der Waals surface area (Å²) in [5.41, 5.74) is 2.51. The lowest BCUT2D eigenvalue weighted by Gasteiger charge is -2.16. The molecule has 5 heteroatoms. The highest BCUT2D eigenvalue weighted by atomic mass is 32.1. The summed E-state index contributed by atoms with van der Waals surface area (Å²) in [6, 6.07) is 21.1. The van der Waals surface area contributed by atoms with E-state index in [2.05, 4.69) is 10.3 Å². The first-order chi connectivity index (χ1) is 11.8. The molecule has 0 amide bonds. The number of hydrogen-bond donors (Lipinski definition) is 0. The smallest absolute Gasteiger partial charge is 0.165 e. The largest absolute Gasteiger partial charge is 0.294 e. The molecule has 0 aliphatic carbocycles. The van der Waals surface area contributed by atoms with Gasteiger partial charge in [-0.15, -0.1) is 16.4 Å². The second-order valence-corrected chi connectivity index (χ2v) is 6.53. The topological polar surface area (TPSA) is 47.8 Å². The van der Waals surface area contributed by atoms with E-state index in [0.29, 0.717) is 6.42 Å². The summed E-state index contributed by atoms with van der Waals surface area (Å²) in [6.45, 7) is 0. The van der Waals surface area contributed by atoms with Crippen LogP contribution in [0.2, 0.25) is 0 Å². The Labute approximate surface area is 143 Å². The number of hydrogen-bond acceptors (Lipinski definition) is 4. The van der Waals surface area contributed by atoms with Crippen molar-refractivity contribution in [3.8, 4) is 0 Å². The van der Waals surface area contributed by atoms with Gasteiger partial charge in [-0.2, -0.15) is 0 Å². The van der Waals surface area contributed by atoms with E-state index < -0.39 is 0 Å². The number of para-hydroxylation sites is 1. The van der Waals surface area contributed by atoms with E-state index >= 15 is 0 Å². The first-order valence-corrected chi connectivity index (χ1v) is 8.62. The van der Waals surface area contributed by atoms with Gasteiger partial charge in [0.25, 0.3) is 0 Å². The molecule has 118 valence electrons. The van der Waals surface area contributed by atoms with Crippen LogP contribution in [0.5, 0.6) is 0 Å². The number of carbonyl (C=O) groups is 1. The van der Waals surface area contributed by atoms with Crippen LogP contribution in [-0.4, -0.2) is 20.8 Å². The molecule has 0 saturated heterocycles. The first-order valence-electron chi connectivity index (χ1n) is 7.74. The molecule has 2 heterocycles. The minimum absolute atomic E-state index is 0.105. The molecular formula is C19H15N3OS. The fourth-order valence-corrected chi connectivity index (χ4v) is 3.63. The minimum atomic E-state index is -0.148. The van der Waals surface area contributed by atoms with E-state index in [4.69, 9.17) is 0 Å². The van der Waals surface area contributed by atoms with Crippen molar-refractivity contribution in [2.24, 2.45) is 0 Å². The SMILES string of the molecule is O=C(CC(c1cccs1)n1nnc2ccccc21)c1ccccc1. The van der Waals surface area contributed by atoms with Crippen molar-refractivity contribution in [3.63, 3.8) is 0 Å². The van der Waals surface area contributed by atoms with Crippen molar-refractivity contribution in [2.45, 2.75) is 12.5 Å². The molecular weight excluding hydrogens is 318 g/mol. The molecule has 0 radical (unpaired) electrons. The average molecular weight is 333 g/mol. The van der Waals surface area contributed by atoms with Crippen LogP contribution in [0.3, 0.4) is 0 Å². The van der Waals surface area contributed by atoms with Crippen molar-refractivity contribution in [1.29, 1.82) is 0 Å². The summed E-state index contributed by atoms with van der Waals surface area (Å²) >= 11 is 1.63. The van der Waals surface area contributed by atoms with E-state index in [9.17, 15) is 4.79 Å². The van der Waals surface area contributed by atoms with Gasteiger partial charge in [0.1, 0.15) is 5.52 Å². The summed E-state index contributed by atoms with van der Waals surface area (Å²) in [6.07, 6.45) is 0.359. The van der Waals surface area contributed by atoms with Crippen molar-refractivity contribution < 1.29 is 4.79 Å². The second-order valence-electron chi connectivity index (χ2n) is 5.55. The minimum Gasteiger partial charge on any atom is -0.294 e. The van der Waals surface area contributed by atoms with E-state index in [1.165, 1.54) is 0 Å². The van der Waals surface area contributed by atoms with Crippen LogP contribution < -0.4 is 0 Å². The molecule has 2 aromatic carbocycles.